The second-order valence-corrected chi connectivity index (χ2v) is 3.91. The van der Waals surface area contributed by atoms with Crippen LogP contribution in [0.5, 0.6) is 0 Å². The van der Waals surface area contributed by atoms with Gasteiger partial charge in [0.05, 0.1) is 11.1 Å². The van der Waals surface area contributed by atoms with Crippen molar-refractivity contribution >= 4 is 5.97 Å². The zero-order valence-corrected chi connectivity index (χ0v) is 8.60. The number of hydrogen-bond donors (Lipinski definition) is 2. The molecule has 1 aliphatic heterocycles. The van der Waals surface area contributed by atoms with Crippen LogP contribution in [0.25, 0.3) is 11.4 Å². The van der Waals surface area contributed by atoms with Gasteiger partial charge in [-0.2, -0.15) is 0 Å². The fraction of sp³-hybridized carbons (Fsp3) is 0.273. The monoisotopic (exact) mass is 217 g/mol. The summed E-state index contributed by atoms with van der Waals surface area (Å²) in [4.78, 5) is 18.4. The van der Waals surface area contributed by atoms with E-state index in [1.165, 1.54) is 0 Å². The third-order valence-electron chi connectivity index (χ3n) is 2.96. The van der Waals surface area contributed by atoms with Crippen molar-refractivity contribution in [3.8, 4) is 11.4 Å². The van der Waals surface area contributed by atoms with Crippen LogP contribution in [0.3, 0.4) is 0 Å². The number of rotatable bonds is 1. The quantitative estimate of drug-likeness (QED) is 0.760. The van der Waals surface area contributed by atoms with Crippen molar-refractivity contribution in [3.63, 3.8) is 0 Å². The van der Waals surface area contributed by atoms with Crippen molar-refractivity contribution in [2.24, 2.45) is 0 Å². The third kappa shape index (κ3) is 1.18. The van der Waals surface area contributed by atoms with Crippen LogP contribution < -0.4 is 0 Å². The minimum atomic E-state index is -0.908. The second-order valence-electron chi connectivity index (χ2n) is 3.91. The Morgan fingerprint density at radius 1 is 1.56 bits per heavy atom. The number of fused-ring (bicyclic) bond motifs is 3. The highest BCUT2D eigenvalue weighted by Crippen LogP contribution is 2.30. The summed E-state index contributed by atoms with van der Waals surface area (Å²) in [5, 5.41) is 9.13. The van der Waals surface area contributed by atoms with E-state index in [0.717, 1.165) is 36.5 Å². The zero-order chi connectivity index (χ0) is 11.1. The molecule has 0 aliphatic carbocycles. The summed E-state index contributed by atoms with van der Waals surface area (Å²) in [5.74, 6) is -0.153. The van der Waals surface area contributed by atoms with Gasteiger partial charge in [-0.3, -0.25) is 0 Å². The molecule has 0 unspecified atom stereocenters. The van der Waals surface area contributed by atoms with Crippen molar-refractivity contribution in [1.82, 2.24) is 14.5 Å². The lowest BCUT2D eigenvalue weighted by molar-refractivity contribution is 0.0698. The summed E-state index contributed by atoms with van der Waals surface area (Å²) >= 11 is 0. The van der Waals surface area contributed by atoms with Crippen LogP contribution in [0.1, 0.15) is 22.5 Å². The van der Waals surface area contributed by atoms with E-state index in [2.05, 4.69) is 9.97 Å². The predicted molar refractivity (Wildman–Crippen MR) is 57.3 cm³/mol. The molecule has 3 rings (SSSR count). The maximum atomic E-state index is 11.1. The number of hydrogen-bond acceptors (Lipinski definition) is 2. The molecule has 0 spiro atoms. The number of nitrogens with one attached hydrogen (secondary N) is 1. The fourth-order valence-corrected chi connectivity index (χ4v) is 2.23. The molecule has 0 atom stereocenters. The number of carbonyl (C=O) groups is 1. The van der Waals surface area contributed by atoms with E-state index in [1.54, 1.807) is 12.4 Å². The van der Waals surface area contributed by atoms with E-state index in [0.29, 0.717) is 5.56 Å². The molecular formula is C11H11N3O2. The molecule has 16 heavy (non-hydrogen) atoms. The molecule has 0 radical (unpaired) electrons. The Morgan fingerprint density at radius 2 is 2.44 bits per heavy atom. The highest BCUT2D eigenvalue weighted by atomic mass is 16.4. The van der Waals surface area contributed by atoms with Crippen molar-refractivity contribution in [2.45, 2.75) is 19.4 Å². The molecule has 3 heterocycles. The van der Waals surface area contributed by atoms with Gasteiger partial charge in [0, 0.05) is 30.8 Å². The van der Waals surface area contributed by atoms with Crippen LogP contribution in [-0.4, -0.2) is 25.6 Å². The summed E-state index contributed by atoms with van der Waals surface area (Å²) in [7, 11) is 0. The molecule has 0 bridgehead atoms. The van der Waals surface area contributed by atoms with Crippen LogP contribution in [0.15, 0.2) is 18.6 Å². The maximum Gasteiger partial charge on any atom is 0.337 e. The molecule has 0 amide bonds. The molecule has 0 fully saturated rings. The van der Waals surface area contributed by atoms with Crippen molar-refractivity contribution in [2.75, 3.05) is 0 Å². The highest BCUT2D eigenvalue weighted by molar-refractivity contribution is 5.96. The Hall–Kier alpha value is -2.04. The predicted octanol–water partition coefficient (Wildman–Crippen LogP) is 1.52. The first-order valence-corrected chi connectivity index (χ1v) is 5.22. The zero-order valence-electron chi connectivity index (χ0n) is 8.60. The lowest BCUT2D eigenvalue weighted by Crippen LogP contribution is -2.01. The third-order valence-corrected chi connectivity index (χ3v) is 2.96. The molecular weight excluding hydrogens is 206 g/mol. The summed E-state index contributed by atoms with van der Waals surface area (Å²) in [6.07, 6.45) is 7.02. The maximum absolute atomic E-state index is 11.1. The van der Waals surface area contributed by atoms with Gasteiger partial charge < -0.3 is 14.7 Å². The van der Waals surface area contributed by atoms with Crippen molar-refractivity contribution in [3.05, 3.63) is 29.8 Å². The van der Waals surface area contributed by atoms with Crippen molar-refractivity contribution < 1.29 is 9.90 Å². The molecule has 82 valence electrons. The standard InChI is InChI=1S/C11H11N3O2/c15-11(16)7-6-13-8-2-1-4-14-5-3-12-10(14)9(7)8/h3,5-6,13H,1-2,4H2,(H,15,16). The number of carboxylic acid groups (broad SMARTS) is 1. The minimum absolute atomic E-state index is 0.310. The van der Waals surface area contributed by atoms with Gasteiger partial charge in [0.15, 0.2) is 0 Å². The first kappa shape index (κ1) is 9.21. The Morgan fingerprint density at radius 3 is 3.25 bits per heavy atom. The average molecular weight is 217 g/mol. The number of H-pyrrole nitrogens is 1. The number of carboxylic acids is 1. The molecule has 0 aromatic carbocycles. The number of aromatic carboxylic acids is 1. The number of imidazole rings is 1. The lowest BCUT2D eigenvalue weighted by atomic mass is 10.1. The van der Waals surface area contributed by atoms with E-state index in [9.17, 15) is 4.79 Å². The molecule has 5 nitrogen and oxygen atoms in total. The normalized spacial score (nSPS) is 14.0. The van der Waals surface area contributed by atoms with Crippen LogP contribution in [-0.2, 0) is 13.0 Å². The molecule has 1 aliphatic rings. The van der Waals surface area contributed by atoms with E-state index < -0.39 is 5.97 Å². The van der Waals surface area contributed by atoms with Gasteiger partial charge in [-0.05, 0) is 12.8 Å². The summed E-state index contributed by atoms with van der Waals surface area (Å²) in [6.45, 7) is 0.886. The van der Waals surface area contributed by atoms with E-state index >= 15 is 0 Å². The van der Waals surface area contributed by atoms with Gasteiger partial charge in [0.1, 0.15) is 5.82 Å². The number of aromatic nitrogens is 3. The number of nitrogens with zero attached hydrogens (tertiary/aromatic N) is 2. The second kappa shape index (κ2) is 3.23. The Bertz CT molecular complexity index is 553. The van der Waals surface area contributed by atoms with Crippen LogP contribution in [0.4, 0.5) is 0 Å². The fourth-order valence-electron chi connectivity index (χ4n) is 2.23. The highest BCUT2D eigenvalue weighted by Gasteiger charge is 2.23. The van der Waals surface area contributed by atoms with Crippen molar-refractivity contribution in [1.29, 1.82) is 0 Å². The summed E-state index contributed by atoms with van der Waals surface area (Å²) < 4.78 is 2.01. The summed E-state index contributed by atoms with van der Waals surface area (Å²) in [6, 6.07) is 0. The molecule has 2 aromatic heterocycles. The first-order valence-electron chi connectivity index (χ1n) is 5.22. The molecule has 2 aromatic rings. The average Bonchev–Trinajstić information content (AvgIpc) is 2.82. The smallest absolute Gasteiger partial charge is 0.337 e. The minimum Gasteiger partial charge on any atom is -0.478 e. The molecule has 5 heteroatoms. The molecule has 0 saturated carbocycles. The number of aryl methyl sites for hydroxylation is 2. The van der Waals surface area contributed by atoms with E-state index in [1.807, 2.05) is 10.8 Å². The first-order chi connectivity index (χ1) is 7.77. The summed E-state index contributed by atoms with van der Waals surface area (Å²) in [5.41, 5.74) is 2.03. The van der Waals surface area contributed by atoms with Crippen LogP contribution in [0.2, 0.25) is 0 Å². The van der Waals surface area contributed by atoms with Gasteiger partial charge in [0.2, 0.25) is 0 Å². The Balaban J connectivity index is 2.28. The van der Waals surface area contributed by atoms with E-state index in [-0.39, 0.29) is 0 Å². The topological polar surface area (TPSA) is 70.9 Å². The van der Waals surface area contributed by atoms with Gasteiger partial charge in [0.25, 0.3) is 0 Å². The molecule has 2 N–H and O–H groups in total. The Kier molecular flexibility index (Phi) is 1.86. The van der Waals surface area contributed by atoms with Gasteiger partial charge in [-0.15, -0.1) is 0 Å². The van der Waals surface area contributed by atoms with E-state index in [4.69, 9.17) is 5.11 Å². The van der Waals surface area contributed by atoms with Crippen LogP contribution >= 0.6 is 0 Å². The number of aromatic amines is 1. The largest absolute Gasteiger partial charge is 0.478 e. The lowest BCUT2D eigenvalue weighted by Gasteiger charge is -2.03. The van der Waals surface area contributed by atoms with Crippen LogP contribution in [0, 0.1) is 0 Å². The van der Waals surface area contributed by atoms with Gasteiger partial charge >= 0.3 is 5.97 Å². The SMILES string of the molecule is O=C(O)c1c[nH]c2c1-c1nccn1CCC2. The van der Waals surface area contributed by atoms with Gasteiger partial charge in [-0.1, -0.05) is 0 Å². The molecule has 0 saturated heterocycles. The Labute approximate surface area is 91.7 Å². The van der Waals surface area contributed by atoms with Gasteiger partial charge in [-0.25, -0.2) is 9.78 Å².